The lowest BCUT2D eigenvalue weighted by Crippen LogP contribution is -1.99. The van der Waals surface area contributed by atoms with Crippen LogP contribution in [0.5, 0.6) is 0 Å². The van der Waals surface area contributed by atoms with Crippen LogP contribution >= 0.6 is 0 Å². The van der Waals surface area contributed by atoms with E-state index in [0.717, 1.165) is 0 Å². The molecule has 6 atom stereocenters. The van der Waals surface area contributed by atoms with Crippen molar-refractivity contribution < 1.29 is 0 Å². The second kappa shape index (κ2) is 40.6. The number of rotatable bonds is 0. The van der Waals surface area contributed by atoms with E-state index in [4.69, 9.17) is 70.6 Å². The van der Waals surface area contributed by atoms with Crippen molar-refractivity contribution in [1.82, 2.24) is 0 Å². The van der Waals surface area contributed by atoms with Crippen molar-refractivity contribution in [3.05, 3.63) is 528 Å². The molecule has 0 aromatic heterocycles. The third kappa shape index (κ3) is 18.5. The topological polar surface area (TPSA) is 0 Å². The molecule has 144 heavy (non-hydrogen) atoms. The summed E-state index contributed by atoms with van der Waals surface area (Å²) >= 11 is 0. The van der Waals surface area contributed by atoms with Crippen molar-refractivity contribution in [2.75, 3.05) is 0 Å². The molecule has 0 aliphatic heterocycles. The molecule has 9 heteroatoms. The molecule has 18 aromatic carbocycles. The van der Waals surface area contributed by atoms with Gasteiger partial charge in [0.25, 0.3) is 0 Å². The second-order valence-electron chi connectivity index (χ2n) is 41.5. The smallest absolute Gasteiger partial charge is 0.0617 e. The van der Waals surface area contributed by atoms with E-state index in [-0.39, 0.29) is 52.4 Å². The lowest BCUT2D eigenvalue weighted by atomic mass is 9.76. The first-order chi connectivity index (χ1) is 69.1. The van der Waals surface area contributed by atoms with E-state index in [1.165, 1.54) is 300 Å². The number of fused-ring (bicyclic) bond motifs is 27. The van der Waals surface area contributed by atoms with Gasteiger partial charge in [-0.25, -0.2) is 0 Å². The Labute approximate surface area is 869 Å². The van der Waals surface area contributed by atoms with Crippen molar-refractivity contribution in [2.24, 2.45) is 0 Å². The van der Waals surface area contributed by atoms with Crippen LogP contribution in [0, 0.1) is 125 Å². The molecule has 18 aromatic rings. The molecule has 0 N–H and O–H groups in total. The number of hydrogen-bond acceptors (Lipinski definition) is 0. The fraction of sp³-hybridized carbons (Fsp3) is 0.200. The molecule has 9 aliphatic rings. The average Bonchev–Trinajstić information content (AvgIpc) is 1.62. The van der Waals surface area contributed by atoms with Crippen LogP contribution in [0.2, 0.25) is 0 Å². The highest BCUT2D eigenvalue weighted by molar-refractivity contribution is 6.22. The Hall–Kier alpha value is -13.5. The van der Waals surface area contributed by atoms with Gasteiger partial charge < -0.3 is 0 Å². The van der Waals surface area contributed by atoms with Crippen molar-refractivity contribution in [2.45, 2.75) is 177 Å². The van der Waals surface area contributed by atoms with Crippen LogP contribution in [-0.2, 0) is 0 Å². The standard InChI is InChI=1S/9C15H13B/c1-9-5-4-8-12-13(9)11-7-3-6-10(2)14(11)15(12)16;1-9-4-6-12-13(7-9)11-5-3-10(2)8-14(11)15(12)16;1-9-3-5-11-13(7-9)14-8-10(2)4-6-12(14)15(11)16;1-9-3-5-11-12-6-4-10(2)8-14(12)15(16)13(11)7-9;1-9-5-3-7-11-12-8-4-6-10(2)14(12)15(16)13(9)11;1-9-6-7-11-13(8-9)15(16)12-5-3-4-10(2)14(11)12;2*1-9-6-7-11-12-5-3-4-10(2)14(12)15(16)13(11)8-9;1-9-6-7-12-13(8-9)11-5-3-4-10(2)14(11)15(12)16/h9*3-8,15H,1-2H3. The highest BCUT2D eigenvalue weighted by Gasteiger charge is 2.35. The normalized spacial score (nSPS) is 15.9. The SMILES string of the molecule is [B]C1c2c(C)cccc2-c2cccc(C)c21.[B]C1c2cc(C)ccc2-c2c(C)cccc21.[B]C1c2cc(C)ccc2-c2ccc(C)cc21.[B]C1c2cc(C)ccc2-c2cccc(C)c21.[B]C1c2cc(C)ccc2-c2cccc(C)c21.[B]C1c2ccc(C)cc2-c2cc(C)ccc21.[B]C1c2ccc(C)cc2-c2ccc(C)cc21.[B]C1c2ccc(C)cc2-c2cccc(C)c21.[B]C1c2cccc(C)c2-c2cccc(C)c21. The summed E-state index contributed by atoms with van der Waals surface area (Å²) in [5.74, 6) is 0.425. The largest absolute Gasteiger partial charge is 0.0829 e. The van der Waals surface area contributed by atoms with E-state index in [0.29, 0.717) is 0 Å². The van der Waals surface area contributed by atoms with Gasteiger partial charge in [0.1, 0.15) is 0 Å². The first-order valence-corrected chi connectivity index (χ1v) is 50.8. The average molecular weight is 1840 g/mol. The van der Waals surface area contributed by atoms with Gasteiger partial charge in [-0.2, -0.15) is 0 Å². The summed E-state index contributed by atoms with van der Waals surface area (Å²) in [6, 6.07) is 117. The Morgan fingerprint density at radius 2 is 0.292 bits per heavy atom. The van der Waals surface area contributed by atoms with Crippen LogP contribution in [-0.4, -0.2) is 70.6 Å². The maximum atomic E-state index is 6.36. The zero-order valence-corrected chi connectivity index (χ0v) is 86.6. The second-order valence-corrected chi connectivity index (χ2v) is 41.5. The number of aryl methyl sites for hydroxylation is 18. The minimum Gasteiger partial charge on any atom is -0.0617 e. The van der Waals surface area contributed by atoms with Crippen molar-refractivity contribution in [3.63, 3.8) is 0 Å². The van der Waals surface area contributed by atoms with E-state index < -0.39 is 0 Å². The van der Waals surface area contributed by atoms with Gasteiger partial charge >= 0.3 is 0 Å². The summed E-state index contributed by atoms with van der Waals surface area (Å²) in [6.07, 6.45) is 0. The lowest BCUT2D eigenvalue weighted by Gasteiger charge is -2.11. The highest BCUT2D eigenvalue weighted by atomic mass is 14.4. The molecule has 0 heterocycles. The molecule has 0 saturated carbocycles. The van der Waals surface area contributed by atoms with Crippen LogP contribution in [0.4, 0.5) is 0 Å². The predicted octanol–water partition coefficient (Wildman–Crippen LogP) is 31.9. The maximum absolute atomic E-state index is 6.36. The third-order valence-electron chi connectivity index (χ3n) is 31.1. The predicted molar refractivity (Wildman–Crippen MR) is 621 cm³/mol. The number of benzene rings is 18. The van der Waals surface area contributed by atoms with Crippen LogP contribution in [0.3, 0.4) is 0 Å². The van der Waals surface area contributed by atoms with Gasteiger partial charge in [-0.3, -0.25) is 0 Å². The zero-order valence-electron chi connectivity index (χ0n) is 86.6. The Morgan fingerprint density at radius 1 is 0.118 bits per heavy atom. The molecule has 6 unspecified atom stereocenters. The maximum Gasteiger partial charge on any atom is 0.0829 e. The fourth-order valence-electron chi connectivity index (χ4n) is 23.8. The summed E-state index contributed by atoms with van der Waals surface area (Å²) in [6.45, 7) is 38.3. The van der Waals surface area contributed by atoms with Crippen LogP contribution in [0.15, 0.2) is 328 Å². The Bertz CT molecular complexity index is 7820. The Kier molecular flexibility index (Phi) is 28.0. The van der Waals surface area contributed by atoms with E-state index in [2.05, 4.69) is 452 Å². The molecule has 0 nitrogen and oxygen atoms in total. The first-order valence-electron chi connectivity index (χ1n) is 50.8. The molecule has 0 bridgehead atoms. The monoisotopic (exact) mass is 1840 g/mol. The zero-order chi connectivity index (χ0) is 102. The molecule has 684 valence electrons. The molecular weight excluding hydrogens is 1720 g/mol. The van der Waals surface area contributed by atoms with Crippen LogP contribution < -0.4 is 0 Å². The highest BCUT2D eigenvalue weighted by Crippen LogP contribution is 2.54. The van der Waals surface area contributed by atoms with Crippen molar-refractivity contribution >= 4 is 70.6 Å². The summed E-state index contributed by atoms with van der Waals surface area (Å²) in [4.78, 5) is 0. The summed E-state index contributed by atoms with van der Waals surface area (Å²) in [5, 5.41) is 0. The quantitative estimate of drug-likeness (QED) is 0.133. The Balaban J connectivity index is 0.000000103. The summed E-state index contributed by atoms with van der Waals surface area (Å²) in [5.41, 5.74) is 69.8. The fourth-order valence-corrected chi connectivity index (χ4v) is 23.8. The molecule has 0 saturated heterocycles. The van der Waals surface area contributed by atoms with Gasteiger partial charge in [0.05, 0.1) is 70.6 Å². The van der Waals surface area contributed by atoms with Crippen LogP contribution in [0.1, 0.15) is 253 Å². The van der Waals surface area contributed by atoms with Gasteiger partial charge in [0.15, 0.2) is 0 Å². The van der Waals surface area contributed by atoms with Gasteiger partial charge in [-0.05, 0) is 422 Å². The molecule has 0 fully saturated rings. The van der Waals surface area contributed by atoms with E-state index in [1.54, 1.807) is 0 Å². The van der Waals surface area contributed by atoms with Gasteiger partial charge in [-0.15, -0.1) is 0 Å². The van der Waals surface area contributed by atoms with Crippen LogP contribution in [0.25, 0.3) is 100 Å². The van der Waals surface area contributed by atoms with Gasteiger partial charge in [0.2, 0.25) is 0 Å². The minimum atomic E-state index is 0.0461. The molecule has 9 aliphatic carbocycles. The van der Waals surface area contributed by atoms with Gasteiger partial charge in [0, 0.05) is 0 Å². The lowest BCUT2D eigenvalue weighted by molar-refractivity contribution is 1.14. The summed E-state index contributed by atoms with van der Waals surface area (Å²) < 4.78 is 0. The summed E-state index contributed by atoms with van der Waals surface area (Å²) in [7, 11) is 56.8. The molecule has 27 rings (SSSR count). The van der Waals surface area contributed by atoms with E-state index in [1.807, 2.05) is 0 Å². The van der Waals surface area contributed by atoms with Crippen molar-refractivity contribution in [1.29, 1.82) is 0 Å². The molecule has 0 amide bonds. The van der Waals surface area contributed by atoms with Gasteiger partial charge in [-0.1, -0.05) is 383 Å². The minimum absolute atomic E-state index is 0.0461. The van der Waals surface area contributed by atoms with Crippen molar-refractivity contribution in [3.8, 4) is 100 Å². The number of hydrogen-bond donors (Lipinski definition) is 0. The van der Waals surface area contributed by atoms with E-state index >= 15 is 0 Å². The molecule has 0 spiro atoms. The molecule has 18 radical (unpaired) electrons. The Morgan fingerprint density at radius 3 is 0.632 bits per heavy atom. The van der Waals surface area contributed by atoms with E-state index in [9.17, 15) is 0 Å². The first kappa shape index (κ1) is 99.3. The third-order valence-corrected chi connectivity index (χ3v) is 31.1. The molecular formula is C135H117B9.